The largest absolute Gasteiger partial charge is 0.496 e. The molecule has 0 atom stereocenters. The molecule has 0 radical (unpaired) electrons. The number of ether oxygens (including phenoxy) is 1. The molecular weight excluding hydrogens is 185 g/mol. The predicted molar refractivity (Wildman–Crippen MR) is 51.1 cm³/mol. The van der Waals surface area contributed by atoms with Crippen LogP contribution < -0.4 is 10.5 Å². The van der Waals surface area contributed by atoms with Crippen molar-refractivity contribution in [3.05, 3.63) is 29.1 Å². The average Bonchev–Trinajstić information content (AvgIpc) is 2.20. The first kappa shape index (κ1) is 10.7. The van der Waals surface area contributed by atoms with Gasteiger partial charge in [-0.2, -0.15) is 0 Å². The van der Waals surface area contributed by atoms with Gasteiger partial charge in [-0.15, -0.1) is 0 Å². The predicted octanol–water partition coefficient (Wildman–Crippen LogP) is 1.28. The number of rotatable bonds is 3. The highest BCUT2D eigenvalue weighted by molar-refractivity contribution is 6.01. The van der Waals surface area contributed by atoms with E-state index in [4.69, 9.17) is 10.5 Å². The number of methoxy groups -OCH3 is 1. The molecule has 0 heterocycles. The Bertz CT molecular complexity index is 363. The van der Waals surface area contributed by atoms with Gasteiger partial charge in [-0.05, 0) is 24.6 Å². The number of nitrogens with two attached hydrogens (primary N) is 1. The summed E-state index contributed by atoms with van der Waals surface area (Å²) in [5, 5.41) is 0. The van der Waals surface area contributed by atoms with Crippen LogP contribution in [0.1, 0.15) is 15.9 Å². The van der Waals surface area contributed by atoms with Crippen molar-refractivity contribution < 1.29 is 13.9 Å². The summed E-state index contributed by atoms with van der Waals surface area (Å²) in [5.41, 5.74) is 5.73. The van der Waals surface area contributed by atoms with Gasteiger partial charge in [0.2, 0.25) is 0 Å². The molecule has 76 valence electrons. The fourth-order valence-corrected chi connectivity index (χ4v) is 1.28. The zero-order chi connectivity index (χ0) is 10.7. The van der Waals surface area contributed by atoms with Gasteiger partial charge in [-0.3, -0.25) is 4.79 Å². The molecule has 4 heteroatoms. The van der Waals surface area contributed by atoms with E-state index in [0.29, 0.717) is 5.75 Å². The summed E-state index contributed by atoms with van der Waals surface area (Å²) in [6.45, 7) is 1.38. The first-order valence-corrected chi connectivity index (χ1v) is 4.18. The fraction of sp³-hybridized carbons (Fsp3) is 0.300. The smallest absolute Gasteiger partial charge is 0.180 e. The quantitative estimate of drug-likeness (QED) is 0.743. The first-order valence-electron chi connectivity index (χ1n) is 4.18. The van der Waals surface area contributed by atoms with Crippen LogP contribution in [0, 0.1) is 12.7 Å². The van der Waals surface area contributed by atoms with Gasteiger partial charge in [-0.25, -0.2) is 4.39 Å². The minimum Gasteiger partial charge on any atom is -0.496 e. The summed E-state index contributed by atoms with van der Waals surface area (Å²) < 4.78 is 18.1. The lowest BCUT2D eigenvalue weighted by molar-refractivity contribution is 0.0997. The van der Waals surface area contributed by atoms with Crippen LogP contribution in [-0.2, 0) is 0 Å². The summed E-state index contributed by atoms with van der Waals surface area (Å²) in [4.78, 5) is 11.4. The van der Waals surface area contributed by atoms with E-state index >= 15 is 0 Å². The average molecular weight is 197 g/mol. The number of carbonyl (C=O) groups excluding carboxylic acids is 1. The molecule has 0 aliphatic rings. The van der Waals surface area contributed by atoms with Gasteiger partial charge >= 0.3 is 0 Å². The van der Waals surface area contributed by atoms with Crippen molar-refractivity contribution in [2.75, 3.05) is 13.7 Å². The number of hydrogen-bond acceptors (Lipinski definition) is 3. The summed E-state index contributed by atoms with van der Waals surface area (Å²) in [6, 6.07) is 2.69. The molecule has 0 amide bonds. The second kappa shape index (κ2) is 4.19. The van der Waals surface area contributed by atoms with Crippen LogP contribution in [0.15, 0.2) is 12.1 Å². The van der Waals surface area contributed by atoms with E-state index in [1.165, 1.54) is 26.2 Å². The first-order chi connectivity index (χ1) is 6.61. The molecule has 0 bridgehead atoms. The Kier molecular flexibility index (Phi) is 3.19. The number of benzene rings is 1. The van der Waals surface area contributed by atoms with Gasteiger partial charge < -0.3 is 10.5 Å². The Morgan fingerprint density at radius 1 is 1.57 bits per heavy atom. The van der Waals surface area contributed by atoms with Gasteiger partial charge in [0.15, 0.2) is 5.78 Å². The van der Waals surface area contributed by atoms with E-state index < -0.39 is 5.82 Å². The summed E-state index contributed by atoms with van der Waals surface area (Å²) >= 11 is 0. The lowest BCUT2D eigenvalue weighted by atomic mass is 10.0. The topological polar surface area (TPSA) is 52.3 Å². The van der Waals surface area contributed by atoms with Crippen molar-refractivity contribution in [1.82, 2.24) is 0 Å². The van der Waals surface area contributed by atoms with Crippen LogP contribution >= 0.6 is 0 Å². The molecular formula is C10H12FNO2. The molecule has 0 unspecified atom stereocenters. The Morgan fingerprint density at radius 3 is 2.71 bits per heavy atom. The highest BCUT2D eigenvalue weighted by Crippen LogP contribution is 2.24. The van der Waals surface area contributed by atoms with E-state index in [1.807, 2.05) is 0 Å². The molecule has 0 spiro atoms. The summed E-state index contributed by atoms with van der Waals surface area (Å²) in [5.74, 6) is -0.388. The molecule has 14 heavy (non-hydrogen) atoms. The Balaban J connectivity index is 3.35. The van der Waals surface area contributed by atoms with E-state index in [1.54, 1.807) is 0 Å². The molecule has 3 nitrogen and oxygen atoms in total. The Hall–Kier alpha value is -1.42. The lowest BCUT2D eigenvalue weighted by Gasteiger charge is -2.10. The van der Waals surface area contributed by atoms with Crippen molar-refractivity contribution in [3.63, 3.8) is 0 Å². The maximum Gasteiger partial charge on any atom is 0.180 e. The summed E-state index contributed by atoms with van der Waals surface area (Å²) in [7, 11) is 1.43. The van der Waals surface area contributed by atoms with Crippen molar-refractivity contribution >= 4 is 5.78 Å². The number of halogens is 1. The molecule has 0 fully saturated rings. The Morgan fingerprint density at radius 2 is 2.21 bits per heavy atom. The molecule has 0 aromatic heterocycles. The van der Waals surface area contributed by atoms with E-state index in [0.717, 1.165) is 0 Å². The third-order valence-electron chi connectivity index (χ3n) is 2.04. The van der Waals surface area contributed by atoms with E-state index in [9.17, 15) is 9.18 Å². The second-order valence-electron chi connectivity index (χ2n) is 2.88. The molecule has 0 saturated carbocycles. The minimum atomic E-state index is -0.428. The maximum atomic E-state index is 13.1. The summed E-state index contributed by atoms with van der Waals surface area (Å²) in [6.07, 6.45) is 0. The van der Waals surface area contributed by atoms with Gasteiger partial charge in [0.05, 0.1) is 19.2 Å². The van der Waals surface area contributed by atoms with Crippen molar-refractivity contribution in [1.29, 1.82) is 0 Å². The molecule has 0 aliphatic carbocycles. The third-order valence-corrected chi connectivity index (χ3v) is 2.04. The maximum absolute atomic E-state index is 13.1. The van der Waals surface area contributed by atoms with Crippen LogP contribution in [0.3, 0.4) is 0 Å². The van der Waals surface area contributed by atoms with Gasteiger partial charge in [0, 0.05) is 0 Å². The standard InChI is InChI=1S/C10H12FNO2/c1-6-7(11)3-4-9(14-2)10(6)8(13)5-12/h3-4H,5,12H2,1-2H3. The SMILES string of the molecule is COc1ccc(F)c(C)c1C(=O)CN. The fourth-order valence-electron chi connectivity index (χ4n) is 1.28. The molecule has 0 aliphatic heterocycles. The van der Waals surface area contributed by atoms with E-state index in [2.05, 4.69) is 0 Å². The molecule has 2 N–H and O–H groups in total. The second-order valence-corrected chi connectivity index (χ2v) is 2.88. The van der Waals surface area contributed by atoms with E-state index in [-0.39, 0.29) is 23.5 Å². The molecule has 0 saturated heterocycles. The lowest BCUT2D eigenvalue weighted by Crippen LogP contribution is -2.16. The zero-order valence-electron chi connectivity index (χ0n) is 8.13. The van der Waals surface area contributed by atoms with Crippen molar-refractivity contribution in [2.24, 2.45) is 5.73 Å². The van der Waals surface area contributed by atoms with Crippen molar-refractivity contribution in [3.8, 4) is 5.75 Å². The monoisotopic (exact) mass is 197 g/mol. The molecule has 1 aromatic rings. The molecule has 1 rings (SSSR count). The van der Waals surface area contributed by atoms with Gasteiger partial charge in [0.1, 0.15) is 11.6 Å². The minimum absolute atomic E-state index is 0.152. The van der Waals surface area contributed by atoms with Crippen LogP contribution in [0.5, 0.6) is 5.75 Å². The van der Waals surface area contributed by atoms with Gasteiger partial charge in [0.25, 0.3) is 0 Å². The van der Waals surface area contributed by atoms with Crippen LogP contribution in [0.4, 0.5) is 4.39 Å². The number of ketones is 1. The van der Waals surface area contributed by atoms with Crippen molar-refractivity contribution in [2.45, 2.75) is 6.92 Å². The van der Waals surface area contributed by atoms with Gasteiger partial charge in [-0.1, -0.05) is 0 Å². The zero-order valence-corrected chi connectivity index (χ0v) is 8.13. The Labute approximate surface area is 81.7 Å². The highest BCUT2D eigenvalue weighted by Gasteiger charge is 2.16. The van der Waals surface area contributed by atoms with Crippen LogP contribution in [0.2, 0.25) is 0 Å². The van der Waals surface area contributed by atoms with Crippen LogP contribution in [-0.4, -0.2) is 19.4 Å². The number of Topliss-reactive ketones (excluding diaryl/α,β-unsaturated/α-hetero) is 1. The molecule has 1 aromatic carbocycles. The normalized spacial score (nSPS) is 10.0. The number of carbonyl (C=O) groups is 1. The third kappa shape index (κ3) is 1.75. The van der Waals surface area contributed by atoms with Crippen LogP contribution in [0.25, 0.3) is 0 Å². The highest BCUT2D eigenvalue weighted by atomic mass is 19.1. The number of hydrogen-bond donors (Lipinski definition) is 1.